The zero-order valence-electron chi connectivity index (χ0n) is 1.78. The summed E-state index contributed by atoms with van der Waals surface area (Å²) in [5.74, 6) is 0. The van der Waals surface area contributed by atoms with Crippen molar-refractivity contribution in [3.8, 4) is 0 Å². The first kappa shape index (κ1) is 25.4. The minimum atomic E-state index is 0. The van der Waals surface area contributed by atoms with Gasteiger partial charge >= 0.3 is 0 Å². The molecule has 0 aliphatic heterocycles. The minimum Gasteiger partial charge on any atom is 0 e. The first-order chi connectivity index (χ1) is 0. The normalized spacial score (nSPS) is 0. The van der Waals surface area contributed by atoms with Gasteiger partial charge in [-0.1, -0.05) is 0 Å². The van der Waals surface area contributed by atoms with Crippen molar-refractivity contribution in [3.05, 3.63) is 0 Å². The van der Waals surface area contributed by atoms with Crippen LogP contribution < -0.4 is 0 Å². The molecule has 0 aliphatic rings. The van der Waals surface area contributed by atoms with Gasteiger partial charge in [0.05, 0.1) is 0 Å². The van der Waals surface area contributed by atoms with E-state index in [0.29, 0.717) is 0 Å². The standard InChI is InChI=1S/Al.Ce.Y.Zn.3H. The van der Waals surface area contributed by atoms with E-state index in [9.17, 15) is 0 Å². The van der Waals surface area contributed by atoms with Crippen molar-refractivity contribution < 1.29 is 93.9 Å². The summed E-state index contributed by atoms with van der Waals surface area (Å²) in [6.07, 6.45) is 0. The Hall–Kier alpha value is 3.64. The predicted octanol–water partition coefficient (Wildman–Crippen LogP) is -1.19. The third kappa shape index (κ3) is 9.16. The number of rotatable bonds is 0. The Morgan fingerprint density at radius 3 is 1.00 bits per heavy atom. The molecule has 4 heteroatoms. The third-order valence-corrected chi connectivity index (χ3v) is 0. The Morgan fingerprint density at radius 2 is 1.00 bits per heavy atom. The van der Waals surface area contributed by atoms with E-state index in [1.165, 1.54) is 0 Å². The van der Waals surface area contributed by atoms with Crippen LogP contribution in [0.1, 0.15) is 0 Å². The van der Waals surface area contributed by atoms with E-state index in [0.717, 1.165) is 0 Å². The summed E-state index contributed by atoms with van der Waals surface area (Å²) in [5, 5.41) is 0. The van der Waals surface area contributed by atoms with Crippen molar-refractivity contribution in [3.63, 3.8) is 0 Å². The van der Waals surface area contributed by atoms with Gasteiger partial charge in [-0.25, -0.2) is 0 Å². The van der Waals surface area contributed by atoms with Crippen molar-refractivity contribution in [2.45, 2.75) is 0 Å². The molecule has 0 amide bonds. The molecular weight excluding hydrogens is 321 g/mol. The molecule has 0 saturated carbocycles. The molecule has 4 heavy (non-hydrogen) atoms. The van der Waals surface area contributed by atoms with Crippen LogP contribution in [0.5, 0.6) is 0 Å². The van der Waals surface area contributed by atoms with E-state index >= 15 is 0 Å². The molecule has 0 rings (SSSR count). The van der Waals surface area contributed by atoms with E-state index in [1.54, 1.807) is 0 Å². The molecule has 0 aromatic rings. The fourth-order valence-electron chi connectivity index (χ4n) is 0. The second-order valence-electron chi connectivity index (χ2n) is 0. The van der Waals surface area contributed by atoms with Gasteiger partial charge in [0.1, 0.15) is 0 Å². The van der Waals surface area contributed by atoms with Gasteiger partial charge in [0.25, 0.3) is 0 Å². The molecule has 0 nitrogen and oxygen atoms in total. The largest absolute Gasteiger partial charge is 0.187 e. The van der Waals surface area contributed by atoms with Crippen molar-refractivity contribution in [1.82, 2.24) is 0 Å². The minimum absolute atomic E-state index is 0. The van der Waals surface area contributed by atoms with Gasteiger partial charge in [-0.15, -0.1) is 0 Å². The molecular formula is H3AlCeYZn. The molecule has 0 aromatic heterocycles. The zero-order valence-corrected chi connectivity index (χ0v) is 10.7. The van der Waals surface area contributed by atoms with Gasteiger partial charge in [-0.3, -0.25) is 0 Å². The summed E-state index contributed by atoms with van der Waals surface area (Å²) in [7, 11) is 0. The molecule has 0 fully saturated rings. The molecule has 0 atom stereocenters. The molecule has 0 bridgehead atoms. The van der Waals surface area contributed by atoms with Gasteiger partial charge < -0.3 is 0 Å². The molecule has 0 saturated heterocycles. The average Bonchev–Trinajstić information content (AvgIpc) is 0. The fraction of sp³-hybridized carbons (Fsp3) is 0. The van der Waals surface area contributed by atoms with Crippen molar-refractivity contribution in [2.75, 3.05) is 0 Å². The monoisotopic (exact) mass is 323 g/mol. The average molecular weight is 324 g/mol. The van der Waals surface area contributed by atoms with Gasteiger partial charge in [0.15, 0.2) is 17.4 Å². The smallest absolute Gasteiger partial charge is 0 e. The number of hydrogen-bond acceptors (Lipinski definition) is 0. The summed E-state index contributed by atoms with van der Waals surface area (Å²) in [6, 6.07) is 0. The quantitative estimate of drug-likeness (QED) is 0.492. The van der Waals surface area contributed by atoms with Gasteiger partial charge in [-0.05, 0) is 0 Å². The maximum atomic E-state index is 0. The van der Waals surface area contributed by atoms with Crippen LogP contribution in [-0.2, 0) is 52.2 Å². The molecule has 0 N–H and O–H groups in total. The van der Waals surface area contributed by atoms with E-state index in [-0.39, 0.29) is 111 Å². The Labute approximate surface area is 108 Å². The van der Waals surface area contributed by atoms with Gasteiger partial charge in [0.2, 0.25) is 0 Å². The summed E-state index contributed by atoms with van der Waals surface area (Å²) >= 11 is 0. The van der Waals surface area contributed by atoms with Gasteiger partial charge in [0, 0.05) is 93.9 Å². The van der Waals surface area contributed by atoms with E-state index in [4.69, 9.17) is 0 Å². The summed E-state index contributed by atoms with van der Waals surface area (Å²) in [5.41, 5.74) is 0. The van der Waals surface area contributed by atoms with Crippen LogP contribution in [0.3, 0.4) is 0 Å². The maximum absolute atomic E-state index is 0. The Kier molecular flexibility index (Phi) is 101. The molecule has 0 aromatic carbocycles. The molecule has 0 aliphatic carbocycles. The SMILES string of the molecule is [AlH3].[Ce].[Y].[Zn]. The van der Waals surface area contributed by atoms with E-state index in [1.807, 2.05) is 0 Å². The van der Waals surface area contributed by atoms with Crippen LogP contribution in [0, 0.1) is 41.7 Å². The Bertz CT molecular complexity index is 8.00. The predicted molar refractivity (Wildman–Crippen MR) is 9.94 cm³/mol. The molecule has 0 spiro atoms. The van der Waals surface area contributed by atoms with Crippen LogP contribution >= 0.6 is 0 Å². The van der Waals surface area contributed by atoms with Crippen molar-refractivity contribution in [2.24, 2.45) is 0 Å². The van der Waals surface area contributed by atoms with Gasteiger partial charge in [-0.2, -0.15) is 0 Å². The second kappa shape index (κ2) is 15.9. The first-order valence-electron chi connectivity index (χ1n) is 0. The molecule has 0 unspecified atom stereocenters. The summed E-state index contributed by atoms with van der Waals surface area (Å²) in [6.45, 7) is 0. The van der Waals surface area contributed by atoms with Crippen LogP contribution in [0.15, 0.2) is 0 Å². The van der Waals surface area contributed by atoms with E-state index in [2.05, 4.69) is 0 Å². The zero-order chi connectivity index (χ0) is 0. The summed E-state index contributed by atoms with van der Waals surface area (Å²) in [4.78, 5) is 0. The van der Waals surface area contributed by atoms with Crippen molar-refractivity contribution >= 4 is 17.4 Å². The van der Waals surface area contributed by atoms with Crippen LogP contribution in [0.25, 0.3) is 0 Å². The molecule has 15 valence electrons. The summed E-state index contributed by atoms with van der Waals surface area (Å²) < 4.78 is 0. The molecule has 0 heterocycles. The van der Waals surface area contributed by atoms with Crippen LogP contribution in [0.2, 0.25) is 0 Å². The van der Waals surface area contributed by atoms with Crippen molar-refractivity contribution in [1.29, 1.82) is 0 Å². The topological polar surface area (TPSA) is 0 Å². The first-order valence-corrected chi connectivity index (χ1v) is 0. The number of hydrogen-bond donors (Lipinski definition) is 0. The van der Waals surface area contributed by atoms with Crippen LogP contribution in [-0.4, -0.2) is 17.4 Å². The van der Waals surface area contributed by atoms with E-state index < -0.39 is 0 Å². The fourth-order valence-corrected chi connectivity index (χ4v) is 0. The second-order valence-corrected chi connectivity index (χ2v) is 0. The maximum Gasteiger partial charge on any atom is 0.187 e. The Morgan fingerprint density at radius 1 is 1.00 bits per heavy atom. The molecule has 1 radical (unpaired) electrons. The van der Waals surface area contributed by atoms with Crippen LogP contribution in [0.4, 0.5) is 0 Å². The Balaban J connectivity index is 0. The third-order valence-electron chi connectivity index (χ3n) is 0.